The van der Waals surface area contributed by atoms with Gasteiger partial charge in [-0.1, -0.05) is 65.7 Å². The Bertz CT molecular complexity index is 1700. The first kappa shape index (κ1) is 26.6. The third kappa shape index (κ3) is 5.83. The molecule has 0 aliphatic carbocycles. The molecule has 0 saturated carbocycles. The molecule has 200 valence electrons. The first-order valence-corrected chi connectivity index (χ1v) is 12.9. The van der Waals surface area contributed by atoms with E-state index in [0.29, 0.717) is 28.2 Å². The summed E-state index contributed by atoms with van der Waals surface area (Å²) in [7, 11) is 1.55. The number of hydrogen-bond donors (Lipinski definition) is 1. The van der Waals surface area contributed by atoms with E-state index in [1.807, 2.05) is 62.4 Å². The fraction of sp³-hybridized carbons (Fsp3) is 0.152. The largest absolute Gasteiger partial charge is 0.497 e. The van der Waals surface area contributed by atoms with Crippen molar-refractivity contribution in [3.8, 4) is 28.3 Å². The van der Waals surface area contributed by atoms with Gasteiger partial charge in [-0.3, -0.25) is 4.79 Å². The summed E-state index contributed by atoms with van der Waals surface area (Å²) >= 11 is 0. The summed E-state index contributed by atoms with van der Waals surface area (Å²) in [5.41, 5.74) is 7.67. The number of carbonyl (C=O) groups excluding carboxylic acids is 2. The van der Waals surface area contributed by atoms with Crippen molar-refractivity contribution in [3.05, 3.63) is 108 Å². The molecule has 0 aliphatic heterocycles. The average Bonchev–Trinajstić information content (AvgIpc) is 2.97. The highest BCUT2D eigenvalue weighted by Crippen LogP contribution is 2.32. The zero-order valence-electron chi connectivity index (χ0n) is 22.8. The lowest BCUT2D eigenvalue weighted by atomic mass is 10.0. The van der Waals surface area contributed by atoms with Crippen LogP contribution >= 0.6 is 0 Å². The Balaban J connectivity index is 1.43. The molecular weight excluding hydrogens is 502 g/mol. The van der Waals surface area contributed by atoms with Crippen LogP contribution in [0.4, 0.5) is 5.69 Å². The molecule has 4 aromatic carbocycles. The van der Waals surface area contributed by atoms with E-state index >= 15 is 0 Å². The van der Waals surface area contributed by atoms with E-state index in [9.17, 15) is 9.59 Å². The van der Waals surface area contributed by atoms with Crippen molar-refractivity contribution in [2.45, 2.75) is 26.9 Å². The van der Waals surface area contributed by atoms with Crippen LogP contribution in [0.5, 0.6) is 5.75 Å². The van der Waals surface area contributed by atoms with Gasteiger partial charge >= 0.3 is 5.97 Å². The van der Waals surface area contributed by atoms with Gasteiger partial charge in [-0.05, 0) is 51.1 Å². The standard InChI is InChI=1S/C33H29N3O4/c1-20-8-12-23(13-9-20)30-31(24-14-10-21(2)11-15-24)36-29-18-25(16-17-28(29)35-30)33(38)40-22(3)32(37)34-26-6-5-7-27(19-26)39-4/h5-19,22H,1-4H3,(H,34,37). The highest BCUT2D eigenvalue weighted by atomic mass is 16.5. The molecule has 1 amide bonds. The zero-order valence-corrected chi connectivity index (χ0v) is 22.8. The van der Waals surface area contributed by atoms with Crippen LogP contribution < -0.4 is 10.1 Å². The Morgan fingerprint density at radius 1 is 0.750 bits per heavy atom. The SMILES string of the molecule is COc1cccc(NC(=O)C(C)OC(=O)c2ccc3nc(-c4ccc(C)cc4)c(-c4ccc(C)cc4)nc3c2)c1. The first-order chi connectivity index (χ1) is 19.3. The minimum Gasteiger partial charge on any atom is -0.497 e. The van der Waals surface area contributed by atoms with Crippen LogP contribution in [0.3, 0.4) is 0 Å². The van der Waals surface area contributed by atoms with Crippen LogP contribution in [0.2, 0.25) is 0 Å². The molecule has 5 aromatic rings. The number of benzene rings is 4. The number of ether oxygens (including phenoxy) is 2. The summed E-state index contributed by atoms with van der Waals surface area (Å²) in [6.07, 6.45) is -1.02. The maximum atomic E-state index is 13.0. The fourth-order valence-electron chi connectivity index (χ4n) is 4.23. The quantitative estimate of drug-likeness (QED) is 0.233. The summed E-state index contributed by atoms with van der Waals surface area (Å²) in [4.78, 5) is 35.5. The molecular formula is C33H29N3O4. The Hall–Kier alpha value is -5.04. The summed E-state index contributed by atoms with van der Waals surface area (Å²) in [5, 5.41) is 2.74. The number of aryl methyl sites for hydroxylation is 2. The van der Waals surface area contributed by atoms with Crippen molar-refractivity contribution in [3.63, 3.8) is 0 Å². The third-order valence-electron chi connectivity index (χ3n) is 6.54. The third-order valence-corrected chi connectivity index (χ3v) is 6.54. The summed E-state index contributed by atoms with van der Waals surface area (Å²) < 4.78 is 10.7. The molecule has 7 heteroatoms. The lowest BCUT2D eigenvalue weighted by Gasteiger charge is -2.15. The van der Waals surface area contributed by atoms with Crippen molar-refractivity contribution in [1.82, 2.24) is 9.97 Å². The van der Waals surface area contributed by atoms with Crippen LogP contribution in [0.15, 0.2) is 91.0 Å². The molecule has 5 rings (SSSR count). The maximum absolute atomic E-state index is 13.0. The van der Waals surface area contributed by atoms with Gasteiger partial charge in [-0.15, -0.1) is 0 Å². The highest BCUT2D eigenvalue weighted by molar-refractivity contribution is 5.99. The second-order valence-corrected chi connectivity index (χ2v) is 9.63. The van der Waals surface area contributed by atoms with Gasteiger partial charge in [0.15, 0.2) is 6.10 Å². The smallest absolute Gasteiger partial charge is 0.338 e. The van der Waals surface area contributed by atoms with Crippen LogP contribution in [-0.4, -0.2) is 35.1 Å². The van der Waals surface area contributed by atoms with Crippen molar-refractivity contribution < 1.29 is 19.1 Å². The normalized spacial score (nSPS) is 11.6. The van der Waals surface area contributed by atoms with Gasteiger partial charge in [-0.25, -0.2) is 14.8 Å². The van der Waals surface area contributed by atoms with Gasteiger partial charge in [0.2, 0.25) is 0 Å². The zero-order chi connectivity index (χ0) is 28.2. The van der Waals surface area contributed by atoms with Gasteiger partial charge < -0.3 is 14.8 Å². The van der Waals surface area contributed by atoms with E-state index in [1.165, 1.54) is 6.92 Å². The van der Waals surface area contributed by atoms with E-state index < -0.39 is 18.0 Å². The molecule has 1 atom stereocenters. The number of amides is 1. The van der Waals surface area contributed by atoms with Crippen molar-refractivity contribution in [1.29, 1.82) is 0 Å². The van der Waals surface area contributed by atoms with Gasteiger partial charge in [0, 0.05) is 22.9 Å². The number of rotatable bonds is 7. The molecule has 0 spiro atoms. The summed E-state index contributed by atoms with van der Waals surface area (Å²) in [5.74, 6) is -0.474. The van der Waals surface area contributed by atoms with Crippen molar-refractivity contribution >= 4 is 28.6 Å². The van der Waals surface area contributed by atoms with Gasteiger partial charge in [-0.2, -0.15) is 0 Å². The second-order valence-electron chi connectivity index (χ2n) is 9.63. The van der Waals surface area contributed by atoms with Gasteiger partial charge in [0.25, 0.3) is 5.91 Å². The lowest BCUT2D eigenvalue weighted by Crippen LogP contribution is -2.30. The van der Waals surface area contributed by atoms with E-state index in [-0.39, 0.29) is 5.56 Å². The predicted octanol–water partition coefficient (Wildman–Crippen LogP) is 6.77. The Morgan fingerprint density at radius 3 is 1.95 bits per heavy atom. The number of anilines is 1. The van der Waals surface area contributed by atoms with E-state index in [2.05, 4.69) is 5.32 Å². The summed E-state index contributed by atoms with van der Waals surface area (Å²) in [6, 6.07) is 28.2. The predicted molar refractivity (Wildman–Crippen MR) is 156 cm³/mol. The number of hydrogen-bond acceptors (Lipinski definition) is 6. The Morgan fingerprint density at radius 2 is 1.35 bits per heavy atom. The fourth-order valence-corrected chi connectivity index (χ4v) is 4.23. The molecule has 0 aliphatic rings. The average molecular weight is 532 g/mol. The van der Waals surface area contributed by atoms with Crippen LogP contribution in [0, 0.1) is 13.8 Å². The van der Waals surface area contributed by atoms with Crippen LogP contribution in [0.25, 0.3) is 33.5 Å². The van der Waals surface area contributed by atoms with E-state index in [0.717, 1.165) is 27.9 Å². The molecule has 7 nitrogen and oxygen atoms in total. The van der Waals surface area contributed by atoms with Crippen LogP contribution in [0.1, 0.15) is 28.4 Å². The lowest BCUT2D eigenvalue weighted by molar-refractivity contribution is -0.123. The number of nitrogens with zero attached hydrogens (tertiary/aromatic N) is 2. The number of esters is 1. The number of carbonyl (C=O) groups is 2. The molecule has 40 heavy (non-hydrogen) atoms. The molecule has 0 bridgehead atoms. The topological polar surface area (TPSA) is 90.4 Å². The molecule has 1 heterocycles. The Labute approximate surface area is 232 Å². The highest BCUT2D eigenvalue weighted by Gasteiger charge is 2.21. The molecule has 0 radical (unpaired) electrons. The van der Waals surface area contributed by atoms with Crippen LogP contribution in [-0.2, 0) is 9.53 Å². The molecule has 0 saturated heterocycles. The molecule has 1 N–H and O–H groups in total. The number of fused-ring (bicyclic) bond motifs is 1. The molecule has 1 aromatic heterocycles. The number of methoxy groups -OCH3 is 1. The van der Waals surface area contributed by atoms with Gasteiger partial charge in [0.1, 0.15) is 5.75 Å². The Kier molecular flexibility index (Phi) is 7.55. The number of aromatic nitrogens is 2. The first-order valence-electron chi connectivity index (χ1n) is 12.9. The van der Waals surface area contributed by atoms with Crippen molar-refractivity contribution in [2.24, 2.45) is 0 Å². The monoisotopic (exact) mass is 531 g/mol. The number of nitrogens with one attached hydrogen (secondary N) is 1. The maximum Gasteiger partial charge on any atom is 0.338 e. The van der Waals surface area contributed by atoms with Gasteiger partial charge in [0.05, 0.1) is 35.1 Å². The van der Waals surface area contributed by atoms with E-state index in [1.54, 1.807) is 49.6 Å². The van der Waals surface area contributed by atoms with Crippen molar-refractivity contribution in [2.75, 3.05) is 12.4 Å². The summed E-state index contributed by atoms with van der Waals surface area (Å²) in [6.45, 7) is 5.60. The van der Waals surface area contributed by atoms with E-state index in [4.69, 9.17) is 19.4 Å². The molecule has 1 unspecified atom stereocenters. The minimum absolute atomic E-state index is 0.278. The minimum atomic E-state index is -1.02. The second kappa shape index (κ2) is 11.4. The molecule has 0 fully saturated rings.